The maximum atomic E-state index is 12.5. The third kappa shape index (κ3) is 4.54. The van der Waals surface area contributed by atoms with Gasteiger partial charge < -0.3 is 5.11 Å². The molecule has 0 heterocycles. The number of aryl methyl sites for hydroxylation is 1. The van der Waals surface area contributed by atoms with Crippen LogP contribution in [-0.2, 0) is 10.8 Å². The van der Waals surface area contributed by atoms with Crippen LogP contribution in [0, 0.1) is 12.3 Å². The molecule has 0 saturated carbocycles. The lowest BCUT2D eigenvalue weighted by Gasteiger charge is -2.27. The summed E-state index contributed by atoms with van der Waals surface area (Å²) in [7, 11) is -1.16. The molecule has 1 rings (SSSR count). The molecule has 2 nitrogen and oxygen atoms in total. The molecule has 0 aliphatic heterocycles. The van der Waals surface area contributed by atoms with Crippen LogP contribution < -0.4 is 0 Å². The van der Waals surface area contributed by atoms with Gasteiger partial charge in [0.15, 0.2) is 0 Å². The molecule has 0 radical (unpaired) electrons. The molecule has 102 valence electrons. The lowest BCUT2D eigenvalue weighted by molar-refractivity contribution is 0.168. The van der Waals surface area contributed by atoms with Gasteiger partial charge in [-0.25, -0.2) is 0 Å². The normalized spacial score (nSPS) is 17.2. The highest BCUT2D eigenvalue weighted by atomic mass is 32.2. The molecule has 1 aromatic carbocycles. The molecule has 0 saturated heterocycles. The number of hydrogen-bond donors (Lipinski definition) is 1. The molecule has 3 atom stereocenters. The van der Waals surface area contributed by atoms with E-state index in [-0.39, 0.29) is 10.7 Å². The van der Waals surface area contributed by atoms with Crippen molar-refractivity contribution in [2.24, 2.45) is 5.41 Å². The Hall–Kier alpha value is -0.670. The van der Waals surface area contributed by atoms with Crippen LogP contribution in [0.1, 0.15) is 39.7 Å². The molecule has 0 bridgehead atoms. The minimum atomic E-state index is -1.16. The Morgan fingerprint density at radius 3 is 2.11 bits per heavy atom. The zero-order chi connectivity index (χ0) is 13.9. The smallest absolute Gasteiger partial charge is 0.0659 e. The zero-order valence-corrected chi connectivity index (χ0v) is 12.8. The van der Waals surface area contributed by atoms with Gasteiger partial charge in [-0.3, -0.25) is 4.21 Å². The van der Waals surface area contributed by atoms with Crippen LogP contribution in [0.15, 0.2) is 29.2 Å². The second-order valence-corrected chi connectivity index (χ2v) is 7.83. The summed E-state index contributed by atoms with van der Waals surface area (Å²) in [5.41, 5.74) is 1.21. The monoisotopic (exact) mass is 268 g/mol. The highest BCUT2D eigenvalue weighted by Gasteiger charge is 2.28. The van der Waals surface area contributed by atoms with Crippen molar-refractivity contribution in [2.45, 2.75) is 57.3 Å². The number of hydrogen-bond acceptors (Lipinski definition) is 2. The predicted molar refractivity (Wildman–Crippen MR) is 77.1 cm³/mol. The standard InChI is InChI=1S/C15H24O2S/c1-11-6-8-13(9-7-11)18(17)14(12(2)16)10-15(3,4)5/h6-9,12,14,16H,10H2,1-5H3/t12-,14+,18?/m0/s1. The van der Waals surface area contributed by atoms with Gasteiger partial charge in [-0.05, 0) is 37.8 Å². The quantitative estimate of drug-likeness (QED) is 0.910. The number of rotatable bonds is 4. The molecule has 1 aromatic rings. The maximum absolute atomic E-state index is 12.5. The van der Waals surface area contributed by atoms with Crippen LogP contribution in [0.25, 0.3) is 0 Å². The highest BCUT2D eigenvalue weighted by Crippen LogP contribution is 2.27. The Kier molecular flexibility index (Phi) is 5.11. The zero-order valence-electron chi connectivity index (χ0n) is 11.9. The van der Waals surface area contributed by atoms with E-state index in [9.17, 15) is 9.32 Å². The van der Waals surface area contributed by atoms with Crippen LogP contribution in [0.2, 0.25) is 0 Å². The van der Waals surface area contributed by atoms with Crippen molar-refractivity contribution in [3.8, 4) is 0 Å². The Bertz CT molecular complexity index is 401. The summed E-state index contributed by atoms with van der Waals surface area (Å²) in [6.45, 7) is 10.1. The fourth-order valence-electron chi connectivity index (χ4n) is 1.88. The van der Waals surface area contributed by atoms with E-state index in [1.807, 2.05) is 31.2 Å². The van der Waals surface area contributed by atoms with E-state index in [0.717, 1.165) is 16.9 Å². The average molecular weight is 268 g/mol. The largest absolute Gasteiger partial charge is 0.392 e. The van der Waals surface area contributed by atoms with E-state index < -0.39 is 16.9 Å². The van der Waals surface area contributed by atoms with Gasteiger partial charge in [0, 0.05) is 4.90 Å². The Morgan fingerprint density at radius 1 is 1.22 bits per heavy atom. The van der Waals surface area contributed by atoms with E-state index >= 15 is 0 Å². The third-order valence-electron chi connectivity index (χ3n) is 2.88. The second kappa shape index (κ2) is 5.98. The van der Waals surface area contributed by atoms with Gasteiger partial charge in [0.1, 0.15) is 0 Å². The summed E-state index contributed by atoms with van der Waals surface area (Å²) >= 11 is 0. The molecule has 3 heteroatoms. The fourth-order valence-corrected chi connectivity index (χ4v) is 3.64. The molecule has 1 unspecified atom stereocenters. The van der Waals surface area contributed by atoms with Gasteiger partial charge in [-0.1, -0.05) is 38.5 Å². The Labute approximate surface area is 113 Å². The van der Waals surface area contributed by atoms with Crippen molar-refractivity contribution < 1.29 is 9.32 Å². The first-order chi connectivity index (χ1) is 8.20. The molecule has 0 aliphatic rings. The molecule has 0 spiro atoms. The average Bonchev–Trinajstić information content (AvgIpc) is 2.24. The summed E-state index contributed by atoms with van der Waals surface area (Å²) in [6.07, 6.45) is 0.178. The van der Waals surface area contributed by atoms with E-state index in [1.54, 1.807) is 6.92 Å². The van der Waals surface area contributed by atoms with Crippen molar-refractivity contribution in [1.29, 1.82) is 0 Å². The van der Waals surface area contributed by atoms with E-state index in [4.69, 9.17) is 0 Å². The molecular formula is C15H24O2S. The first-order valence-electron chi connectivity index (χ1n) is 6.36. The Morgan fingerprint density at radius 2 is 1.72 bits per heavy atom. The molecule has 0 amide bonds. The second-order valence-electron chi connectivity index (χ2n) is 6.15. The molecule has 0 fully saturated rings. The summed E-state index contributed by atoms with van der Waals surface area (Å²) < 4.78 is 12.5. The van der Waals surface area contributed by atoms with Gasteiger partial charge in [0.25, 0.3) is 0 Å². The van der Waals surface area contributed by atoms with Crippen molar-refractivity contribution in [1.82, 2.24) is 0 Å². The number of benzene rings is 1. The predicted octanol–water partition coefficient (Wildman–Crippen LogP) is 3.29. The summed E-state index contributed by atoms with van der Waals surface area (Å²) in [5, 5.41) is 9.65. The fraction of sp³-hybridized carbons (Fsp3) is 0.600. The van der Waals surface area contributed by atoms with Gasteiger partial charge in [-0.15, -0.1) is 0 Å². The topological polar surface area (TPSA) is 37.3 Å². The van der Waals surface area contributed by atoms with Crippen molar-refractivity contribution >= 4 is 10.8 Å². The van der Waals surface area contributed by atoms with E-state index in [0.29, 0.717) is 0 Å². The molecule has 0 aromatic heterocycles. The maximum Gasteiger partial charge on any atom is 0.0659 e. The molecule has 0 aliphatic carbocycles. The van der Waals surface area contributed by atoms with Gasteiger partial charge in [0.2, 0.25) is 0 Å². The van der Waals surface area contributed by atoms with Crippen molar-refractivity contribution in [3.05, 3.63) is 29.8 Å². The third-order valence-corrected chi connectivity index (χ3v) is 4.73. The van der Waals surface area contributed by atoms with Crippen LogP contribution in [0.4, 0.5) is 0 Å². The summed E-state index contributed by atoms with van der Waals surface area (Å²) in [6, 6.07) is 7.71. The van der Waals surface area contributed by atoms with Crippen LogP contribution >= 0.6 is 0 Å². The molecule has 18 heavy (non-hydrogen) atoms. The van der Waals surface area contributed by atoms with Crippen LogP contribution in [-0.4, -0.2) is 20.7 Å². The van der Waals surface area contributed by atoms with Crippen LogP contribution in [0.5, 0.6) is 0 Å². The van der Waals surface area contributed by atoms with Crippen LogP contribution in [0.3, 0.4) is 0 Å². The molecular weight excluding hydrogens is 244 g/mol. The van der Waals surface area contributed by atoms with Crippen molar-refractivity contribution in [2.75, 3.05) is 0 Å². The van der Waals surface area contributed by atoms with Gasteiger partial charge in [0.05, 0.1) is 22.2 Å². The van der Waals surface area contributed by atoms with Gasteiger partial charge in [-0.2, -0.15) is 0 Å². The minimum absolute atomic E-state index is 0.0576. The Balaban J connectivity index is 2.93. The minimum Gasteiger partial charge on any atom is -0.392 e. The van der Waals surface area contributed by atoms with Crippen molar-refractivity contribution in [3.63, 3.8) is 0 Å². The number of aliphatic hydroxyl groups excluding tert-OH is 1. The lowest BCUT2D eigenvalue weighted by Crippen LogP contribution is -2.32. The molecule has 1 N–H and O–H groups in total. The van der Waals surface area contributed by atoms with E-state index in [1.165, 1.54) is 0 Å². The summed E-state index contributed by atoms with van der Waals surface area (Å²) in [4.78, 5) is 0.802. The first kappa shape index (κ1) is 15.4. The highest BCUT2D eigenvalue weighted by molar-refractivity contribution is 7.85. The summed E-state index contributed by atoms with van der Waals surface area (Å²) in [5.74, 6) is 0. The van der Waals surface area contributed by atoms with Gasteiger partial charge >= 0.3 is 0 Å². The number of aliphatic hydroxyl groups is 1. The van der Waals surface area contributed by atoms with E-state index in [2.05, 4.69) is 20.8 Å². The SMILES string of the molecule is Cc1ccc(S(=O)[C@H](CC(C)(C)C)[C@H](C)O)cc1. The first-order valence-corrected chi connectivity index (χ1v) is 7.57. The lowest BCUT2D eigenvalue weighted by atomic mass is 9.89.